The zero-order chi connectivity index (χ0) is 18.2. The minimum absolute atomic E-state index is 0.0640. The van der Waals surface area contributed by atoms with Crippen molar-refractivity contribution in [1.82, 2.24) is 5.32 Å². The Morgan fingerprint density at radius 2 is 1.79 bits per heavy atom. The number of amides is 2. The third-order valence-electron chi connectivity index (χ3n) is 3.17. The van der Waals surface area contributed by atoms with E-state index in [-0.39, 0.29) is 18.4 Å². The van der Waals surface area contributed by atoms with Crippen molar-refractivity contribution in [3.05, 3.63) is 24.3 Å². The molecule has 0 aromatic heterocycles. The molecule has 0 saturated carbocycles. The molecule has 0 aliphatic rings. The van der Waals surface area contributed by atoms with Crippen LogP contribution in [0, 0.1) is 0 Å². The number of ether oxygens (including phenoxy) is 2. The molecule has 0 heterocycles. The van der Waals surface area contributed by atoms with Gasteiger partial charge in [-0.3, -0.25) is 10.1 Å². The van der Waals surface area contributed by atoms with E-state index in [1.165, 1.54) is 0 Å². The van der Waals surface area contributed by atoms with E-state index in [1.54, 1.807) is 27.9 Å². The number of methoxy groups -OCH3 is 1. The zero-order valence-corrected chi connectivity index (χ0v) is 15.1. The molecule has 1 atom stereocenters. The number of anilines is 1. The maximum Gasteiger partial charge on any atom is 0.414 e. The van der Waals surface area contributed by atoms with Crippen molar-refractivity contribution in [2.45, 2.75) is 58.6 Å². The quantitative estimate of drug-likeness (QED) is 0.793. The fraction of sp³-hybridized carbons (Fsp3) is 0.556. The van der Waals surface area contributed by atoms with Crippen LogP contribution in [0.5, 0.6) is 5.75 Å². The van der Waals surface area contributed by atoms with Crippen LogP contribution in [0.1, 0.15) is 47.0 Å². The normalized spacial score (nSPS) is 12.2. The maximum atomic E-state index is 12.0. The molecule has 1 rings (SSSR count). The zero-order valence-electron chi connectivity index (χ0n) is 15.1. The lowest BCUT2D eigenvalue weighted by molar-refractivity contribution is -0.121. The highest BCUT2D eigenvalue weighted by molar-refractivity contribution is 5.92. The Bertz CT molecular complexity index is 535. The second-order valence-electron chi connectivity index (χ2n) is 6.61. The molecule has 6 nitrogen and oxygen atoms in total. The van der Waals surface area contributed by atoms with Crippen molar-refractivity contribution in [3.63, 3.8) is 0 Å². The van der Waals surface area contributed by atoms with Gasteiger partial charge in [-0.1, -0.05) is 13.3 Å². The van der Waals surface area contributed by atoms with Crippen LogP contribution in [0.2, 0.25) is 0 Å². The number of hydrogen-bond acceptors (Lipinski definition) is 5. The topological polar surface area (TPSA) is 76.7 Å². The Kier molecular flexibility index (Phi) is 7.55. The number of rotatable bonds is 7. The summed E-state index contributed by atoms with van der Waals surface area (Å²) in [5.74, 6) is 0.416. The first-order valence-corrected chi connectivity index (χ1v) is 8.17. The number of imide groups is 1. The molecule has 0 aliphatic heterocycles. The van der Waals surface area contributed by atoms with Gasteiger partial charge in [-0.05, 0) is 51.5 Å². The number of alkyl carbamates (subject to hydrolysis) is 1. The smallest absolute Gasteiger partial charge is 0.414 e. The first kappa shape index (κ1) is 19.8. The predicted molar refractivity (Wildman–Crippen MR) is 94.3 cm³/mol. The van der Waals surface area contributed by atoms with E-state index in [2.05, 4.69) is 17.6 Å². The SMILES string of the molecule is CCC[C@H](CC(=O)NC(=O)OC(C)(C)C)Nc1ccc(OC)cc1. The van der Waals surface area contributed by atoms with Crippen molar-refractivity contribution in [2.75, 3.05) is 12.4 Å². The summed E-state index contributed by atoms with van der Waals surface area (Å²) < 4.78 is 10.2. The summed E-state index contributed by atoms with van der Waals surface area (Å²) >= 11 is 0. The fourth-order valence-electron chi connectivity index (χ4n) is 2.19. The molecule has 0 unspecified atom stereocenters. The van der Waals surface area contributed by atoms with Crippen LogP contribution in [0.15, 0.2) is 24.3 Å². The molecule has 24 heavy (non-hydrogen) atoms. The molecule has 0 saturated heterocycles. The Labute approximate surface area is 143 Å². The number of nitrogens with one attached hydrogen (secondary N) is 2. The highest BCUT2D eigenvalue weighted by Gasteiger charge is 2.20. The average Bonchev–Trinajstić information content (AvgIpc) is 2.46. The third kappa shape index (κ3) is 7.85. The van der Waals surface area contributed by atoms with Crippen LogP contribution in [-0.2, 0) is 9.53 Å². The summed E-state index contributed by atoms with van der Waals surface area (Å²) in [6.45, 7) is 7.31. The van der Waals surface area contributed by atoms with E-state index in [0.717, 1.165) is 24.3 Å². The summed E-state index contributed by atoms with van der Waals surface area (Å²) in [6, 6.07) is 7.43. The molecule has 1 aromatic rings. The van der Waals surface area contributed by atoms with E-state index < -0.39 is 11.7 Å². The molecule has 0 spiro atoms. The Morgan fingerprint density at radius 1 is 1.17 bits per heavy atom. The average molecular weight is 336 g/mol. The van der Waals surface area contributed by atoms with Crippen LogP contribution in [0.3, 0.4) is 0 Å². The Hall–Kier alpha value is -2.24. The summed E-state index contributed by atoms with van der Waals surface area (Å²) in [5.41, 5.74) is 0.272. The van der Waals surface area contributed by atoms with E-state index in [9.17, 15) is 9.59 Å². The van der Waals surface area contributed by atoms with Gasteiger partial charge in [0, 0.05) is 18.2 Å². The molecule has 2 N–H and O–H groups in total. The first-order chi connectivity index (χ1) is 11.2. The fourth-order valence-corrected chi connectivity index (χ4v) is 2.19. The molecular weight excluding hydrogens is 308 g/mol. The number of benzene rings is 1. The van der Waals surface area contributed by atoms with Gasteiger partial charge in [-0.2, -0.15) is 0 Å². The van der Waals surface area contributed by atoms with Crippen LogP contribution in [-0.4, -0.2) is 30.8 Å². The molecule has 134 valence electrons. The molecule has 0 aliphatic carbocycles. The lowest BCUT2D eigenvalue weighted by Crippen LogP contribution is -2.38. The van der Waals surface area contributed by atoms with E-state index in [1.807, 2.05) is 24.3 Å². The number of carbonyl (C=O) groups is 2. The van der Waals surface area contributed by atoms with Gasteiger partial charge in [0.15, 0.2) is 0 Å². The molecule has 0 bridgehead atoms. The van der Waals surface area contributed by atoms with Gasteiger partial charge >= 0.3 is 6.09 Å². The van der Waals surface area contributed by atoms with Gasteiger partial charge in [0.2, 0.25) is 5.91 Å². The van der Waals surface area contributed by atoms with Gasteiger partial charge < -0.3 is 14.8 Å². The lowest BCUT2D eigenvalue weighted by atomic mass is 10.1. The monoisotopic (exact) mass is 336 g/mol. The van der Waals surface area contributed by atoms with Crippen molar-refractivity contribution in [1.29, 1.82) is 0 Å². The predicted octanol–water partition coefficient (Wildman–Crippen LogP) is 3.72. The third-order valence-corrected chi connectivity index (χ3v) is 3.17. The summed E-state index contributed by atoms with van der Waals surface area (Å²) in [6.07, 6.45) is 1.22. The van der Waals surface area contributed by atoms with E-state index >= 15 is 0 Å². The van der Waals surface area contributed by atoms with Crippen LogP contribution in [0.25, 0.3) is 0 Å². The van der Waals surface area contributed by atoms with Crippen molar-refractivity contribution in [3.8, 4) is 5.75 Å². The number of carbonyl (C=O) groups excluding carboxylic acids is 2. The van der Waals surface area contributed by atoms with Crippen LogP contribution in [0.4, 0.5) is 10.5 Å². The molecule has 1 aromatic carbocycles. The van der Waals surface area contributed by atoms with Crippen LogP contribution >= 0.6 is 0 Å². The second kappa shape index (κ2) is 9.15. The van der Waals surface area contributed by atoms with Crippen LogP contribution < -0.4 is 15.4 Å². The Morgan fingerprint density at radius 3 is 2.29 bits per heavy atom. The maximum absolute atomic E-state index is 12.0. The lowest BCUT2D eigenvalue weighted by Gasteiger charge is -2.21. The minimum Gasteiger partial charge on any atom is -0.497 e. The van der Waals surface area contributed by atoms with Crippen molar-refractivity contribution >= 4 is 17.7 Å². The summed E-state index contributed by atoms with van der Waals surface area (Å²) in [5, 5.41) is 5.58. The van der Waals surface area contributed by atoms with Crippen molar-refractivity contribution < 1.29 is 19.1 Å². The largest absolute Gasteiger partial charge is 0.497 e. The Balaban J connectivity index is 2.57. The molecular formula is C18H28N2O4. The van der Waals surface area contributed by atoms with E-state index in [4.69, 9.17) is 9.47 Å². The van der Waals surface area contributed by atoms with Gasteiger partial charge in [0.25, 0.3) is 0 Å². The standard InChI is InChI=1S/C18H28N2O4/c1-6-7-14(19-13-8-10-15(23-5)11-9-13)12-16(21)20-17(22)24-18(2,3)4/h8-11,14,19H,6-7,12H2,1-5H3,(H,20,21,22)/t14-/m1/s1. The molecule has 6 heteroatoms. The summed E-state index contributed by atoms with van der Waals surface area (Å²) in [7, 11) is 1.61. The van der Waals surface area contributed by atoms with Gasteiger partial charge in [0.1, 0.15) is 11.4 Å². The highest BCUT2D eigenvalue weighted by Crippen LogP contribution is 2.18. The van der Waals surface area contributed by atoms with Gasteiger partial charge in [-0.25, -0.2) is 4.79 Å². The van der Waals surface area contributed by atoms with Gasteiger partial charge in [-0.15, -0.1) is 0 Å². The molecule has 0 fully saturated rings. The highest BCUT2D eigenvalue weighted by atomic mass is 16.6. The van der Waals surface area contributed by atoms with Gasteiger partial charge in [0.05, 0.1) is 7.11 Å². The first-order valence-electron chi connectivity index (χ1n) is 8.17. The van der Waals surface area contributed by atoms with E-state index in [0.29, 0.717) is 0 Å². The minimum atomic E-state index is -0.716. The second-order valence-corrected chi connectivity index (χ2v) is 6.61. The molecule has 0 radical (unpaired) electrons. The molecule has 2 amide bonds. The number of hydrogen-bond donors (Lipinski definition) is 2. The van der Waals surface area contributed by atoms with Crippen molar-refractivity contribution in [2.24, 2.45) is 0 Å². The summed E-state index contributed by atoms with van der Waals surface area (Å²) in [4.78, 5) is 23.7.